The zero-order valence-electron chi connectivity index (χ0n) is 10.2. The fraction of sp³-hybridized carbons (Fsp3) is 0.214. The Labute approximate surface area is 106 Å². The van der Waals surface area contributed by atoms with Crippen molar-refractivity contribution in [2.75, 3.05) is 11.9 Å². The molecule has 0 bridgehead atoms. The van der Waals surface area contributed by atoms with E-state index in [9.17, 15) is 4.79 Å². The van der Waals surface area contributed by atoms with Crippen molar-refractivity contribution < 1.29 is 13.9 Å². The summed E-state index contributed by atoms with van der Waals surface area (Å²) in [6.07, 6.45) is 1.47. The topological polar surface area (TPSA) is 51.5 Å². The standard InChI is InChI=1S/C14H15NO3/c1-2-17-10-11-6-3-4-7-12(11)15-14(16)13-8-5-9-18-13/h3-9H,2,10H2,1H3,(H,15,16). The number of ether oxygens (including phenoxy) is 1. The van der Waals surface area contributed by atoms with Gasteiger partial charge in [0.2, 0.25) is 0 Å². The van der Waals surface area contributed by atoms with Crippen LogP contribution in [0.2, 0.25) is 0 Å². The van der Waals surface area contributed by atoms with Gasteiger partial charge in [-0.3, -0.25) is 4.79 Å². The molecule has 0 radical (unpaired) electrons. The van der Waals surface area contributed by atoms with Gasteiger partial charge in [-0.25, -0.2) is 0 Å². The summed E-state index contributed by atoms with van der Waals surface area (Å²) >= 11 is 0. The number of hydrogen-bond donors (Lipinski definition) is 1. The fourth-order valence-electron chi connectivity index (χ4n) is 1.57. The molecular formula is C14H15NO3. The minimum absolute atomic E-state index is 0.260. The van der Waals surface area contributed by atoms with Crippen LogP contribution in [0.5, 0.6) is 0 Å². The average Bonchev–Trinajstić information content (AvgIpc) is 2.91. The Balaban J connectivity index is 2.11. The first-order valence-corrected chi connectivity index (χ1v) is 5.81. The second-order valence-electron chi connectivity index (χ2n) is 3.73. The molecule has 4 nitrogen and oxygen atoms in total. The van der Waals surface area contributed by atoms with Crippen molar-refractivity contribution in [3.63, 3.8) is 0 Å². The molecule has 0 unspecified atom stereocenters. The lowest BCUT2D eigenvalue weighted by Gasteiger charge is -2.09. The fourth-order valence-corrected chi connectivity index (χ4v) is 1.57. The number of amides is 1. The Morgan fingerprint density at radius 1 is 1.28 bits per heavy atom. The molecule has 0 spiro atoms. The second-order valence-corrected chi connectivity index (χ2v) is 3.73. The van der Waals surface area contributed by atoms with E-state index in [2.05, 4.69) is 5.32 Å². The Morgan fingerprint density at radius 2 is 2.11 bits per heavy atom. The van der Waals surface area contributed by atoms with Crippen LogP contribution >= 0.6 is 0 Å². The highest BCUT2D eigenvalue weighted by molar-refractivity contribution is 6.02. The van der Waals surface area contributed by atoms with E-state index in [4.69, 9.17) is 9.15 Å². The summed E-state index contributed by atoms with van der Waals surface area (Å²) in [6.45, 7) is 3.05. The van der Waals surface area contributed by atoms with E-state index in [1.165, 1.54) is 6.26 Å². The maximum atomic E-state index is 11.9. The summed E-state index contributed by atoms with van der Waals surface area (Å²) in [6, 6.07) is 10.9. The van der Waals surface area contributed by atoms with Crippen LogP contribution in [0.15, 0.2) is 47.1 Å². The summed E-state index contributed by atoms with van der Waals surface area (Å²) in [5, 5.41) is 2.81. The van der Waals surface area contributed by atoms with Gasteiger partial charge >= 0.3 is 0 Å². The van der Waals surface area contributed by atoms with Gasteiger partial charge in [-0.2, -0.15) is 0 Å². The van der Waals surface area contributed by atoms with Crippen molar-refractivity contribution in [1.82, 2.24) is 0 Å². The predicted molar refractivity (Wildman–Crippen MR) is 68.4 cm³/mol. The molecule has 0 aliphatic heterocycles. The molecule has 0 saturated heterocycles. The highest BCUT2D eigenvalue weighted by Crippen LogP contribution is 2.17. The number of benzene rings is 1. The summed E-state index contributed by atoms with van der Waals surface area (Å²) in [5.74, 6) is 0.0326. The first-order valence-electron chi connectivity index (χ1n) is 5.81. The van der Waals surface area contributed by atoms with Gasteiger partial charge in [0, 0.05) is 17.9 Å². The molecule has 1 aromatic carbocycles. The molecule has 94 valence electrons. The Morgan fingerprint density at radius 3 is 2.83 bits per heavy atom. The van der Waals surface area contributed by atoms with Crippen LogP contribution in [-0.4, -0.2) is 12.5 Å². The number of anilines is 1. The van der Waals surface area contributed by atoms with Gasteiger partial charge in [0.15, 0.2) is 5.76 Å². The van der Waals surface area contributed by atoms with E-state index >= 15 is 0 Å². The van der Waals surface area contributed by atoms with Crippen molar-refractivity contribution in [1.29, 1.82) is 0 Å². The monoisotopic (exact) mass is 245 g/mol. The Bertz CT molecular complexity index is 506. The molecule has 0 aliphatic rings. The molecule has 2 rings (SSSR count). The summed E-state index contributed by atoms with van der Waals surface area (Å²) in [4.78, 5) is 11.9. The maximum absolute atomic E-state index is 11.9. The third-order valence-electron chi connectivity index (χ3n) is 2.47. The van der Waals surface area contributed by atoms with E-state index in [0.29, 0.717) is 19.0 Å². The van der Waals surface area contributed by atoms with Crippen LogP contribution in [0, 0.1) is 0 Å². The van der Waals surface area contributed by atoms with Crippen LogP contribution in [-0.2, 0) is 11.3 Å². The maximum Gasteiger partial charge on any atom is 0.291 e. The predicted octanol–water partition coefficient (Wildman–Crippen LogP) is 3.07. The van der Waals surface area contributed by atoms with Gasteiger partial charge < -0.3 is 14.5 Å². The summed E-state index contributed by atoms with van der Waals surface area (Å²) < 4.78 is 10.4. The lowest BCUT2D eigenvalue weighted by Crippen LogP contribution is -2.12. The molecule has 4 heteroatoms. The summed E-state index contributed by atoms with van der Waals surface area (Å²) in [7, 11) is 0. The second kappa shape index (κ2) is 6.02. The van der Waals surface area contributed by atoms with E-state index in [1.54, 1.807) is 12.1 Å². The molecule has 1 heterocycles. The van der Waals surface area contributed by atoms with Crippen molar-refractivity contribution in [3.8, 4) is 0 Å². The number of carbonyl (C=O) groups excluding carboxylic acids is 1. The molecule has 0 saturated carbocycles. The number of rotatable bonds is 5. The largest absolute Gasteiger partial charge is 0.459 e. The number of para-hydroxylation sites is 1. The van der Waals surface area contributed by atoms with E-state index in [1.807, 2.05) is 31.2 Å². The quantitative estimate of drug-likeness (QED) is 0.880. The van der Waals surface area contributed by atoms with Gasteiger partial charge in [0.05, 0.1) is 12.9 Å². The highest BCUT2D eigenvalue weighted by atomic mass is 16.5. The van der Waals surface area contributed by atoms with Crippen LogP contribution in [0.1, 0.15) is 23.0 Å². The van der Waals surface area contributed by atoms with Crippen molar-refractivity contribution in [2.24, 2.45) is 0 Å². The first kappa shape index (κ1) is 12.4. The Hall–Kier alpha value is -2.07. The van der Waals surface area contributed by atoms with Crippen molar-refractivity contribution in [3.05, 3.63) is 54.0 Å². The molecule has 2 aromatic rings. The van der Waals surface area contributed by atoms with E-state index < -0.39 is 0 Å². The molecule has 1 aromatic heterocycles. The van der Waals surface area contributed by atoms with Gasteiger partial charge in [0.1, 0.15) is 0 Å². The first-order chi connectivity index (χ1) is 8.81. The number of furan rings is 1. The van der Waals surface area contributed by atoms with Gasteiger partial charge in [-0.05, 0) is 25.1 Å². The normalized spacial score (nSPS) is 10.3. The lowest BCUT2D eigenvalue weighted by atomic mass is 10.2. The van der Waals surface area contributed by atoms with Crippen LogP contribution in [0.4, 0.5) is 5.69 Å². The zero-order chi connectivity index (χ0) is 12.8. The SMILES string of the molecule is CCOCc1ccccc1NC(=O)c1ccco1. The Kier molecular flexibility index (Phi) is 4.15. The van der Waals surface area contributed by atoms with E-state index in [0.717, 1.165) is 11.3 Å². The number of carbonyl (C=O) groups is 1. The molecule has 0 atom stereocenters. The molecule has 18 heavy (non-hydrogen) atoms. The van der Waals surface area contributed by atoms with Crippen molar-refractivity contribution in [2.45, 2.75) is 13.5 Å². The van der Waals surface area contributed by atoms with Crippen molar-refractivity contribution >= 4 is 11.6 Å². The van der Waals surface area contributed by atoms with Crippen LogP contribution in [0.3, 0.4) is 0 Å². The minimum Gasteiger partial charge on any atom is -0.459 e. The third-order valence-corrected chi connectivity index (χ3v) is 2.47. The van der Waals surface area contributed by atoms with Gasteiger partial charge in [0.25, 0.3) is 5.91 Å². The smallest absolute Gasteiger partial charge is 0.291 e. The number of nitrogens with one attached hydrogen (secondary N) is 1. The zero-order valence-corrected chi connectivity index (χ0v) is 10.2. The van der Waals surface area contributed by atoms with Gasteiger partial charge in [-0.15, -0.1) is 0 Å². The average molecular weight is 245 g/mol. The molecule has 0 aliphatic carbocycles. The van der Waals surface area contributed by atoms with E-state index in [-0.39, 0.29) is 5.91 Å². The number of hydrogen-bond acceptors (Lipinski definition) is 3. The van der Waals surface area contributed by atoms with Crippen LogP contribution < -0.4 is 5.32 Å². The summed E-state index contributed by atoms with van der Waals surface area (Å²) in [5.41, 5.74) is 1.69. The highest BCUT2D eigenvalue weighted by Gasteiger charge is 2.10. The lowest BCUT2D eigenvalue weighted by molar-refractivity contribution is 0.0996. The third kappa shape index (κ3) is 2.99. The molecule has 1 N–H and O–H groups in total. The molecule has 0 fully saturated rings. The minimum atomic E-state index is -0.260. The van der Waals surface area contributed by atoms with Gasteiger partial charge in [-0.1, -0.05) is 18.2 Å². The molecular weight excluding hydrogens is 230 g/mol. The van der Waals surface area contributed by atoms with Crippen LogP contribution in [0.25, 0.3) is 0 Å². The molecule has 1 amide bonds.